The molecule has 1 rings (SSSR count). The van der Waals surface area contributed by atoms with E-state index in [0.717, 1.165) is 16.6 Å². The molecular formula is C17H28BrNO. The highest BCUT2D eigenvalue weighted by Crippen LogP contribution is 2.23. The number of nitrogens with one attached hydrogen (secondary N) is 1. The Hall–Kier alpha value is -0.380. The molecule has 0 radical (unpaired) electrons. The number of rotatable bonds is 9. The summed E-state index contributed by atoms with van der Waals surface area (Å²) >= 11 is 3.43. The largest absolute Gasteiger partial charge is 0.387 e. The molecule has 0 bridgehead atoms. The lowest BCUT2D eigenvalue weighted by Crippen LogP contribution is -2.32. The molecule has 0 saturated carbocycles. The van der Waals surface area contributed by atoms with E-state index in [2.05, 4.69) is 42.0 Å². The van der Waals surface area contributed by atoms with Gasteiger partial charge in [-0.2, -0.15) is 0 Å². The average molecular weight is 342 g/mol. The quantitative estimate of drug-likeness (QED) is 0.639. The van der Waals surface area contributed by atoms with Crippen LogP contribution in [0.15, 0.2) is 28.7 Å². The smallest absolute Gasteiger partial charge is 0.0914 e. The minimum absolute atomic E-state index is 0.298. The van der Waals surface area contributed by atoms with Crippen molar-refractivity contribution in [1.29, 1.82) is 0 Å². The van der Waals surface area contributed by atoms with Gasteiger partial charge in [0.15, 0.2) is 0 Å². The summed E-state index contributed by atoms with van der Waals surface area (Å²) in [5.41, 5.74) is 1.25. The molecule has 1 unspecified atom stereocenters. The summed E-state index contributed by atoms with van der Waals surface area (Å²) in [7, 11) is 0. The van der Waals surface area contributed by atoms with E-state index in [1.54, 1.807) is 0 Å². The Balaban J connectivity index is 2.32. The normalized spacial score (nSPS) is 13.4. The minimum Gasteiger partial charge on any atom is -0.387 e. The SMILES string of the molecule is CCCCCC(C)(C)CNCC(O)c1cccc(Br)c1. The molecule has 1 atom stereocenters. The highest BCUT2D eigenvalue weighted by atomic mass is 79.9. The molecule has 20 heavy (non-hydrogen) atoms. The zero-order valence-electron chi connectivity index (χ0n) is 13.0. The highest BCUT2D eigenvalue weighted by Gasteiger charge is 2.17. The van der Waals surface area contributed by atoms with E-state index < -0.39 is 6.10 Å². The molecule has 0 aliphatic carbocycles. The van der Waals surface area contributed by atoms with Gasteiger partial charge in [-0.15, -0.1) is 0 Å². The average Bonchev–Trinajstić information content (AvgIpc) is 2.38. The minimum atomic E-state index is -0.445. The summed E-state index contributed by atoms with van der Waals surface area (Å²) in [5, 5.41) is 13.6. The van der Waals surface area contributed by atoms with Crippen LogP contribution in [0.3, 0.4) is 0 Å². The molecule has 0 spiro atoms. The van der Waals surface area contributed by atoms with Crippen LogP contribution in [0, 0.1) is 5.41 Å². The predicted molar refractivity (Wildman–Crippen MR) is 89.9 cm³/mol. The molecule has 0 aliphatic rings. The lowest BCUT2D eigenvalue weighted by Gasteiger charge is -2.26. The van der Waals surface area contributed by atoms with Crippen LogP contribution in [0.4, 0.5) is 0 Å². The number of hydrogen-bond donors (Lipinski definition) is 2. The molecule has 1 aromatic carbocycles. The topological polar surface area (TPSA) is 32.3 Å². The Morgan fingerprint density at radius 3 is 2.70 bits per heavy atom. The summed E-state index contributed by atoms with van der Waals surface area (Å²) in [4.78, 5) is 0. The van der Waals surface area contributed by atoms with E-state index in [1.807, 2.05) is 24.3 Å². The van der Waals surface area contributed by atoms with Crippen molar-refractivity contribution in [3.8, 4) is 0 Å². The van der Waals surface area contributed by atoms with Crippen LogP contribution >= 0.6 is 15.9 Å². The van der Waals surface area contributed by atoms with Crippen LogP contribution in [0.25, 0.3) is 0 Å². The molecule has 114 valence electrons. The summed E-state index contributed by atoms with van der Waals surface area (Å²) in [6, 6.07) is 7.86. The van der Waals surface area contributed by atoms with Gasteiger partial charge in [-0.05, 0) is 29.5 Å². The number of benzene rings is 1. The summed E-state index contributed by atoms with van der Waals surface area (Å²) < 4.78 is 1.01. The second-order valence-electron chi connectivity index (χ2n) is 6.32. The molecule has 2 N–H and O–H groups in total. The van der Waals surface area contributed by atoms with Crippen LogP contribution in [-0.4, -0.2) is 18.2 Å². The maximum absolute atomic E-state index is 10.2. The molecule has 0 amide bonds. The van der Waals surface area contributed by atoms with Gasteiger partial charge in [0.2, 0.25) is 0 Å². The van der Waals surface area contributed by atoms with Crippen molar-refractivity contribution in [2.75, 3.05) is 13.1 Å². The van der Waals surface area contributed by atoms with Crippen molar-refractivity contribution < 1.29 is 5.11 Å². The molecule has 0 saturated heterocycles. The standard InChI is InChI=1S/C17H28BrNO/c1-4-5-6-10-17(2,3)13-19-12-16(20)14-8-7-9-15(18)11-14/h7-9,11,16,19-20H,4-6,10,12-13H2,1-3H3. The van der Waals surface area contributed by atoms with Gasteiger partial charge in [-0.3, -0.25) is 0 Å². The fraction of sp³-hybridized carbons (Fsp3) is 0.647. The van der Waals surface area contributed by atoms with Gasteiger partial charge in [-0.25, -0.2) is 0 Å². The maximum Gasteiger partial charge on any atom is 0.0914 e. The highest BCUT2D eigenvalue weighted by molar-refractivity contribution is 9.10. The molecule has 0 fully saturated rings. The van der Waals surface area contributed by atoms with Crippen molar-refractivity contribution in [3.05, 3.63) is 34.3 Å². The van der Waals surface area contributed by atoms with Crippen molar-refractivity contribution in [3.63, 3.8) is 0 Å². The van der Waals surface area contributed by atoms with Gasteiger partial charge in [0, 0.05) is 17.6 Å². The second-order valence-corrected chi connectivity index (χ2v) is 7.24. The first-order valence-electron chi connectivity index (χ1n) is 7.59. The molecule has 3 heteroatoms. The van der Waals surface area contributed by atoms with Gasteiger partial charge in [-0.1, -0.05) is 68.1 Å². The molecule has 0 aliphatic heterocycles. The van der Waals surface area contributed by atoms with Gasteiger partial charge in [0.1, 0.15) is 0 Å². The van der Waals surface area contributed by atoms with E-state index in [1.165, 1.54) is 25.7 Å². The Morgan fingerprint density at radius 1 is 1.30 bits per heavy atom. The molecule has 1 aromatic rings. The Morgan fingerprint density at radius 2 is 2.05 bits per heavy atom. The Labute approximate surface area is 132 Å². The van der Waals surface area contributed by atoms with Crippen molar-refractivity contribution in [2.45, 2.75) is 52.6 Å². The summed E-state index contributed by atoms with van der Waals surface area (Å²) in [6.07, 6.45) is 4.66. The van der Waals surface area contributed by atoms with E-state index >= 15 is 0 Å². The van der Waals surface area contributed by atoms with E-state index in [9.17, 15) is 5.11 Å². The first-order chi connectivity index (χ1) is 9.44. The van der Waals surface area contributed by atoms with Crippen LogP contribution in [0.2, 0.25) is 0 Å². The fourth-order valence-corrected chi connectivity index (χ4v) is 2.74. The van der Waals surface area contributed by atoms with E-state index in [0.29, 0.717) is 12.0 Å². The third kappa shape index (κ3) is 6.87. The van der Waals surface area contributed by atoms with Gasteiger partial charge in [0.25, 0.3) is 0 Å². The lowest BCUT2D eigenvalue weighted by molar-refractivity contribution is 0.167. The molecular weight excluding hydrogens is 314 g/mol. The van der Waals surface area contributed by atoms with Gasteiger partial charge < -0.3 is 10.4 Å². The second kappa shape index (κ2) is 8.81. The fourth-order valence-electron chi connectivity index (χ4n) is 2.32. The zero-order chi connectivity index (χ0) is 15.0. The Kier molecular flexibility index (Phi) is 7.78. The Bertz CT molecular complexity index is 392. The third-order valence-electron chi connectivity index (χ3n) is 3.63. The van der Waals surface area contributed by atoms with E-state index in [4.69, 9.17) is 0 Å². The number of hydrogen-bond acceptors (Lipinski definition) is 2. The van der Waals surface area contributed by atoms with Crippen molar-refractivity contribution in [1.82, 2.24) is 5.32 Å². The van der Waals surface area contributed by atoms with Gasteiger partial charge in [0.05, 0.1) is 6.10 Å². The maximum atomic E-state index is 10.2. The van der Waals surface area contributed by atoms with E-state index in [-0.39, 0.29) is 0 Å². The zero-order valence-corrected chi connectivity index (χ0v) is 14.5. The summed E-state index contributed by atoms with van der Waals surface area (Å²) in [6.45, 7) is 8.37. The predicted octanol–water partition coefficient (Wildman–Crippen LogP) is 4.68. The first kappa shape index (κ1) is 17.7. The first-order valence-corrected chi connectivity index (χ1v) is 8.38. The van der Waals surface area contributed by atoms with Gasteiger partial charge >= 0.3 is 0 Å². The van der Waals surface area contributed by atoms with Crippen LogP contribution in [-0.2, 0) is 0 Å². The number of aliphatic hydroxyl groups is 1. The monoisotopic (exact) mass is 341 g/mol. The molecule has 0 aromatic heterocycles. The number of halogens is 1. The molecule has 0 heterocycles. The van der Waals surface area contributed by atoms with Crippen molar-refractivity contribution in [2.24, 2.45) is 5.41 Å². The van der Waals surface area contributed by atoms with Crippen LogP contribution in [0.1, 0.15) is 58.1 Å². The van der Waals surface area contributed by atoms with Crippen LogP contribution in [0.5, 0.6) is 0 Å². The third-order valence-corrected chi connectivity index (χ3v) is 4.13. The van der Waals surface area contributed by atoms with Crippen molar-refractivity contribution >= 4 is 15.9 Å². The summed E-state index contributed by atoms with van der Waals surface area (Å²) in [5.74, 6) is 0. The number of aliphatic hydroxyl groups excluding tert-OH is 1. The van der Waals surface area contributed by atoms with Crippen LogP contribution < -0.4 is 5.32 Å². The lowest BCUT2D eigenvalue weighted by atomic mass is 9.87. The number of unbranched alkanes of at least 4 members (excludes halogenated alkanes) is 2. The molecule has 2 nitrogen and oxygen atoms in total.